The molecule has 1 N–H and O–H groups in total. The van der Waals surface area contributed by atoms with Crippen LogP contribution < -0.4 is 9.64 Å². The third-order valence-corrected chi connectivity index (χ3v) is 8.38. The molecular weight excluding hydrogens is 510 g/mol. The number of hydrogen-bond acceptors (Lipinski definition) is 6. The van der Waals surface area contributed by atoms with Gasteiger partial charge in [-0.25, -0.2) is 9.78 Å². The minimum Gasteiger partial charge on any atom is -0.477 e. The van der Waals surface area contributed by atoms with Crippen LogP contribution in [0.1, 0.15) is 86.3 Å². The number of anilines is 1. The van der Waals surface area contributed by atoms with Gasteiger partial charge in [0, 0.05) is 30.1 Å². The van der Waals surface area contributed by atoms with E-state index < -0.39 is 5.97 Å². The fourth-order valence-corrected chi connectivity index (χ4v) is 6.01. The molecule has 210 valence electrons. The summed E-state index contributed by atoms with van der Waals surface area (Å²) in [6.07, 6.45) is 8.01. The predicted octanol–water partition coefficient (Wildman–Crippen LogP) is 6.07. The van der Waals surface area contributed by atoms with Crippen molar-refractivity contribution in [2.75, 3.05) is 31.1 Å². The fraction of sp³-hybridized carbons (Fsp3) is 0.581. The van der Waals surface area contributed by atoms with Gasteiger partial charge in [-0.3, -0.25) is 9.69 Å². The second kappa shape index (κ2) is 13.0. The molecule has 0 bridgehead atoms. The van der Waals surface area contributed by atoms with E-state index in [1.54, 1.807) is 11.0 Å². The maximum atomic E-state index is 13.8. The molecule has 1 saturated heterocycles. The molecule has 2 fully saturated rings. The van der Waals surface area contributed by atoms with Crippen molar-refractivity contribution in [1.82, 2.24) is 9.88 Å². The first kappa shape index (κ1) is 29.1. The molecule has 1 amide bonds. The summed E-state index contributed by atoms with van der Waals surface area (Å²) >= 11 is 1.12. The number of aromatic nitrogens is 1. The lowest BCUT2D eigenvalue weighted by molar-refractivity contribution is -0.123. The predicted molar refractivity (Wildman–Crippen MR) is 155 cm³/mol. The molecule has 0 aromatic carbocycles. The largest absolute Gasteiger partial charge is 0.477 e. The molecule has 8 heteroatoms. The highest BCUT2D eigenvalue weighted by atomic mass is 32.1. The number of carbonyl (C=O) groups excluding carboxylic acids is 1. The first-order chi connectivity index (χ1) is 18.6. The van der Waals surface area contributed by atoms with Crippen molar-refractivity contribution in [3.63, 3.8) is 0 Å². The maximum absolute atomic E-state index is 13.8. The van der Waals surface area contributed by atoms with Crippen molar-refractivity contribution in [3.8, 4) is 17.7 Å². The molecule has 7 nitrogen and oxygen atoms in total. The van der Waals surface area contributed by atoms with E-state index in [1.165, 1.54) is 12.8 Å². The third-order valence-electron chi connectivity index (χ3n) is 7.36. The quantitative estimate of drug-likeness (QED) is 0.381. The number of pyridine rings is 1. The van der Waals surface area contributed by atoms with Crippen LogP contribution in [0.2, 0.25) is 0 Å². The van der Waals surface area contributed by atoms with Gasteiger partial charge in [0.2, 0.25) is 11.8 Å². The summed E-state index contributed by atoms with van der Waals surface area (Å²) in [5, 5.41) is 9.99. The van der Waals surface area contributed by atoms with Gasteiger partial charge in [-0.15, -0.1) is 11.3 Å². The van der Waals surface area contributed by atoms with Crippen LogP contribution in [-0.4, -0.2) is 53.1 Å². The highest BCUT2D eigenvalue weighted by Crippen LogP contribution is 2.35. The third kappa shape index (κ3) is 8.30. The summed E-state index contributed by atoms with van der Waals surface area (Å²) in [6.45, 7) is 11.9. The number of aromatic carboxylic acids is 1. The summed E-state index contributed by atoms with van der Waals surface area (Å²) in [4.78, 5) is 35.3. The second-order valence-corrected chi connectivity index (χ2v) is 13.0. The van der Waals surface area contributed by atoms with Crippen molar-refractivity contribution < 1.29 is 19.4 Å². The molecule has 1 aliphatic carbocycles. The Kier molecular flexibility index (Phi) is 9.68. The summed E-state index contributed by atoms with van der Waals surface area (Å²) in [5.74, 6) is 6.20. The Balaban J connectivity index is 1.50. The number of carboxylic acids is 1. The number of ether oxygens (including phenoxy) is 1. The van der Waals surface area contributed by atoms with E-state index >= 15 is 0 Å². The van der Waals surface area contributed by atoms with Crippen LogP contribution in [0, 0.1) is 29.1 Å². The Morgan fingerprint density at radius 2 is 1.90 bits per heavy atom. The van der Waals surface area contributed by atoms with Gasteiger partial charge in [-0.2, -0.15) is 0 Å². The van der Waals surface area contributed by atoms with Crippen LogP contribution in [0.5, 0.6) is 5.88 Å². The van der Waals surface area contributed by atoms with Crippen LogP contribution in [0.15, 0.2) is 24.4 Å². The Bertz CT molecular complexity index is 1190. The molecule has 2 aliphatic rings. The zero-order valence-corrected chi connectivity index (χ0v) is 24.5. The van der Waals surface area contributed by atoms with Crippen molar-refractivity contribution in [2.45, 2.75) is 72.8 Å². The van der Waals surface area contributed by atoms with Gasteiger partial charge < -0.3 is 14.7 Å². The first-order valence-electron chi connectivity index (χ1n) is 14.1. The number of nitrogens with zero attached hydrogens (tertiary/aromatic N) is 3. The number of carbonyl (C=O) groups is 2. The van der Waals surface area contributed by atoms with E-state index in [2.05, 4.69) is 28.6 Å². The lowest BCUT2D eigenvalue weighted by Gasteiger charge is -2.31. The van der Waals surface area contributed by atoms with Crippen LogP contribution in [0.4, 0.5) is 5.69 Å². The van der Waals surface area contributed by atoms with Gasteiger partial charge in [0.1, 0.15) is 11.5 Å². The molecule has 39 heavy (non-hydrogen) atoms. The summed E-state index contributed by atoms with van der Waals surface area (Å²) in [5.41, 5.74) is 1.35. The molecule has 2 aromatic rings. The van der Waals surface area contributed by atoms with Gasteiger partial charge in [-0.05, 0) is 89.9 Å². The number of rotatable bonds is 9. The number of amides is 1. The smallest absolute Gasteiger partial charge is 0.348 e. The highest BCUT2D eigenvalue weighted by molar-refractivity contribution is 7.15. The number of hydrogen-bond donors (Lipinski definition) is 1. The van der Waals surface area contributed by atoms with E-state index in [4.69, 9.17) is 4.74 Å². The molecule has 3 heterocycles. The zero-order chi connectivity index (χ0) is 28.0. The Morgan fingerprint density at radius 1 is 1.18 bits per heavy atom. The molecule has 1 saturated carbocycles. The van der Waals surface area contributed by atoms with Gasteiger partial charge in [0.25, 0.3) is 0 Å². The second-order valence-electron chi connectivity index (χ2n) is 11.9. The summed E-state index contributed by atoms with van der Waals surface area (Å²) in [6, 6.07) is 5.66. The number of carboxylic acid groups (broad SMARTS) is 1. The van der Waals surface area contributed by atoms with Crippen molar-refractivity contribution >= 4 is 28.9 Å². The number of thiophene rings is 1. The molecule has 0 unspecified atom stereocenters. The molecular formula is C31H41N3O4S. The van der Waals surface area contributed by atoms with Gasteiger partial charge >= 0.3 is 5.97 Å². The average Bonchev–Trinajstić information content (AvgIpc) is 3.56. The topological polar surface area (TPSA) is 83.0 Å². The van der Waals surface area contributed by atoms with Crippen LogP contribution in [0.25, 0.3) is 0 Å². The molecule has 0 radical (unpaired) electrons. The molecule has 1 aliphatic heterocycles. The zero-order valence-electron chi connectivity index (χ0n) is 23.7. The van der Waals surface area contributed by atoms with Gasteiger partial charge in [0.15, 0.2) is 0 Å². The van der Waals surface area contributed by atoms with Crippen LogP contribution in [-0.2, 0) is 11.3 Å². The fourth-order valence-electron chi connectivity index (χ4n) is 5.15. The maximum Gasteiger partial charge on any atom is 0.348 e. The Morgan fingerprint density at radius 3 is 2.51 bits per heavy atom. The minimum absolute atomic E-state index is 0.0324. The normalized spacial score (nSPS) is 19.8. The van der Waals surface area contributed by atoms with Crippen LogP contribution in [0.3, 0.4) is 0 Å². The Hall–Kier alpha value is -2.89. The highest BCUT2D eigenvalue weighted by Gasteiger charge is 2.32. The lowest BCUT2D eigenvalue weighted by atomic mass is 9.82. The summed E-state index contributed by atoms with van der Waals surface area (Å²) < 4.78 is 5.95. The van der Waals surface area contributed by atoms with Gasteiger partial charge in [-0.1, -0.05) is 24.8 Å². The first-order valence-corrected chi connectivity index (χ1v) is 14.9. The van der Waals surface area contributed by atoms with E-state index in [9.17, 15) is 14.7 Å². The van der Waals surface area contributed by atoms with Crippen molar-refractivity contribution in [1.29, 1.82) is 0 Å². The van der Waals surface area contributed by atoms with Crippen LogP contribution >= 0.6 is 11.3 Å². The molecule has 4 rings (SSSR count). The lowest BCUT2D eigenvalue weighted by Crippen LogP contribution is -2.40. The number of likely N-dealkylation sites (tertiary alicyclic amines) is 1. The van der Waals surface area contributed by atoms with E-state index in [0.717, 1.165) is 62.2 Å². The minimum atomic E-state index is -1.05. The van der Waals surface area contributed by atoms with E-state index in [0.29, 0.717) is 22.4 Å². The van der Waals surface area contributed by atoms with Crippen molar-refractivity contribution in [3.05, 3.63) is 39.7 Å². The average molecular weight is 552 g/mol. The Labute approximate surface area is 236 Å². The summed E-state index contributed by atoms with van der Waals surface area (Å²) in [7, 11) is 0. The van der Waals surface area contributed by atoms with Crippen molar-refractivity contribution in [2.24, 2.45) is 17.3 Å². The SMILES string of the molecule is CC1CCC(C(=O)N(CCOc2ccc(CN3CCCC3)cn2)c2cc(C#CC(C)(C)C)sc2C(=O)O)CC1. The van der Waals surface area contributed by atoms with Gasteiger partial charge in [0.05, 0.1) is 17.1 Å². The molecule has 0 spiro atoms. The van der Waals surface area contributed by atoms with E-state index in [1.807, 2.05) is 39.1 Å². The van der Waals surface area contributed by atoms with E-state index in [-0.39, 0.29) is 35.3 Å². The standard InChI is InChI=1S/C31H41N3O4S/c1-22-7-10-24(11-8-22)29(35)34(26-19-25(13-14-31(2,3)4)39-28(26)30(36)37)17-18-38-27-12-9-23(20-32-27)21-33-15-5-6-16-33/h9,12,19-20,22,24H,5-8,10-11,15-18,21H2,1-4H3,(H,36,37). The molecule has 2 aromatic heterocycles. The molecule has 0 atom stereocenters. The monoisotopic (exact) mass is 551 g/mol.